The van der Waals surface area contributed by atoms with Crippen LogP contribution in [0.15, 0.2) is 192 Å². The molecule has 0 amide bonds. The summed E-state index contributed by atoms with van der Waals surface area (Å²) in [6.07, 6.45) is 0. The van der Waals surface area contributed by atoms with Crippen LogP contribution in [0.2, 0.25) is 0 Å². The van der Waals surface area contributed by atoms with Crippen molar-refractivity contribution < 1.29 is 4.42 Å². The molecule has 0 saturated heterocycles. The quantitative estimate of drug-likeness (QED) is 0.167. The number of anilines is 3. The van der Waals surface area contributed by atoms with Crippen LogP contribution in [0.3, 0.4) is 0 Å². The lowest BCUT2D eigenvalue weighted by molar-refractivity contribution is 0.669. The van der Waals surface area contributed by atoms with E-state index in [1.54, 1.807) is 0 Å². The third-order valence-corrected chi connectivity index (χ3v) is 11.8. The van der Waals surface area contributed by atoms with Gasteiger partial charge in [-0.25, -0.2) is 0 Å². The number of nitrogens with zero attached hydrogens (tertiary/aromatic N) is 1. The molecule has 0 spiro atoms. The number of hydrogen-bond donors (Lipinski definition) is 0. The van der Waals surface area contributed by atoms with Gasteiger partial charge in [-0.05, 0) is 80.9 Å². The predicted octanol–water partition coefficient (Wildman–Crippen LogP) is 15.1. The largest absolute Gasteiger partial charge is 0.454 e. The third kappa shape index (κ3) is 4.78. The summed E-state index contributed by atoms with van der Waals surface area (Å²) in [4.78, 5) is 2.41. The Labute approximate surface area is 310 Å². The molecule has 2 aromatic heterocycles. The number of benzene rings is 9. The van der Waals surface area contributed by atoms with E-state index in [1.807, 2.05) is 17.4 Å². The molecule has 2 nitrogen and oxygen atoms in total. The van der Waals surface area contributed by atoms with E-state index in [9.17, 15) is 0 Å². The maximum atomic E-state index is 6.75. The molecule has 0 aliphatic heterocycles. The van der Waals surface area contributed by atoms with Gasteiger partial charge < -0.3 is 9.32 Å². The monoisotopic (exact) mass is 693 g/mol. The lowest BCUT2D eigenvalue weighted by Gasteiger charge is -2.28. The van der Waals surface area contributed by atoms with E-state index in [2.05, 4.69) is 187 Å². The highest BCUT2D eigenvalue weighted by molar-refractivity contribution is 7.25. The molecule has 0 aliphatic rings. The van der Waals surface area contributed by atoms with Crippen molar-refractivity contribution in [3.63, 3.8) is 0 Å². The molecule has 0 N–H and O–H groups in total. The number of hydrogen-bond acceptors (Lipinski definition) is 3. The SMILES string of the molecule is c1ccc(-c2ccc(N(c3cc4ccccc4c4ccccc34)c3cccc4c3oc3ccccc34)cc2-c2ccc3c(c2)sc2ccccc23)cc1. The molecule has 0 bridgehead atoms. The predicted molar refractivity (Wildman–Crippen MR) is 227 cm³/mol. The minimum atomic E-state index is 0.867. The molecule has 53 heavy (non-hydrogen) atoms. The zero-order valence-electron chi connectivity index (χ0n) is 28.7. The molecule has 11 rings (SSSR count). The number of thiophene rings is 1. The van der Waals surface area contributed by atoms with E-state index < -0.39 is 0 Å². The fraction of sp³-hybridized carbons (Fsp3) is 0. The lowest BCUT2D eigenvalue weighted by Crippen LogP contribution is -2.11. The summed E-state index contributed by atoms with van der Waals surface area (Å²) >= 11 is 1.86. The summed E-state index contributed by atoms with van der Waals surface area (Å²) in [6.45, 7) is 0. The number of fused-ring (bicyclic) bond motifs is 9. The first-order valence-corrected chi connectivity index (χ1v) is 18.8. The minimum Gasteiger partial charge on any atom is -0.454 e. The molecule has 3 heteroatoms. The van der Waals surface area contributed by atoms with Crippen molar-refractivity contribution >= 4 is 92.1 Å². The van der Waals surface area contributed by atoms with Crippen LogP contribution in [0, 0.1) is 0 Å². The summed E-state index contributed by atoms with van der Waals surface area (Å²) in [5, 5.41) is 9.66. The standard InChI is InChI=1S/C50H31NOS/c1-2-13-32(14-3-1)37-28-26-35(31-44(37)34-25-27-42-41-20-9-11-24-48(41)53-49(42)30-34)51(45-22-12-21-43-40-19-8-10-23-47(40)52-50(43)45)46-29-33-15-4-5-16-36(33)38-17-6-7-18-39(38)46/h1-31H. The second-order valence-electron chi connectivity index (χ2n) is 13.7. The normalized spacial score (nSPS) is 11.8. The number of para-hydroxylation sites is 2. The van der Waals surface area contributed by atoms with E-state index >= 15 is 0 Å². The minimum absolute atomic E-state index is 0.867. The van der Waals surface area contributed by atoms with Crippen molar-refractivity contribution in [1.29, 1.82) is 0 Å². The first-order valence-electron chi connectivity index (χ1n) is 18.0. The van der Waals surface area contributed by atoms with E-state index in [0.29, 0.717) is 0 Å². The highest BCUT2D eigenvalue weighted by Crippen LogP contribution is 2.48. The van der Waals surface area contributed by atoms with Crippen LogP contribution >= 0.6 is 11.3 Å². The van der Waals surface area contributed by atoms with E-state index in [1.165, 1.54) is 64.0 Å². The van der Waals surface area contributed by atoms with Gasteiger partial charge in [-0.2, -0.15) is 0 Å². The first-order chi connectivity index (χ1) is 26.3. The van der Waals surface area contributed by atoms with Gasteiger partial charge in [0.1, 0.15) is 5.58 Å². The van der Waals surface area contributed by atoms with Gasteiger partial charge in [-0.1, -0.05) is 146 Å². The van der Waals surface area contributed by atoms with Crippen LogP contribution in [0.1, 0.15) is 0 Å². The Morgan fingerprint density at radius 3 is 1.96 bits per heavy atom. The van der Waals surface area contributed by atoms with E-state index in [0.717, 1.165) is 39.0 Å². The average Bonchev–Trinajstić information content (AvgIpc) is 3.80. The molecule has 0 aliphatic carbocycles. The van der Waals surface area contributed by atoms with Crippen molar-refractivity contribution in [1.82, 2.24) is 0 Å². The Kier molecular flexibility index (Phi) is 6.76. The second-order valence-corrected chi connectivity index (χ2v) is 14.7. The van der Waals surface area contributed by atoms with Crippen molar-refractivity contribution in [2.45, 2.75) is 0 Å². The molecule has 9 aromatic carbocycles. The summed E-state index contributed by atoms with van der Waals surface area (Å²) < 4.78 is 9.35. The zero-order chi connectivity index (χ0) is 34.9. The van der Waals surface area contributed by atoms with Gasteiger partial charge in [0.25, 0.3) is 0 Å². The molecular weight excluding hydrogens is 663 g/mol. The molecule has 0 atom stereocenters. The van der Waals surface area contributed by atoms with Crippen LogP contribution < -0.4 is 4.90 Å². The van der Waals surface area contributed by atoms with Crippen molar-refractivity contribution in [3.05, 3.63) is 188 Å². The number of rotatable bonds is 5. The molecule has 0 radical (unpaired) electrons. The van der Waals surface area contributed by atoms with Gasteiger partial charge in [-0.15, -0.1) is 11.3 Å². The summed E-state index contributed by atoms with van der Waals surface area (Å²) in [6, 6.07) is 68.1. The Hall–Kier alpha value is -6.68. The Morgan fingerprint density at radius 1 is 0.377 bits per heavy atom. The summed E-state index contributed by atoms with van der Waals surface area (Å²) in [7, 11) is 0. The molecular formula is C50H31NOS. The molecule has 0 unspecified atom stereocenters. The molecule has 0 fully saturated rings. The van der Waals surface area contributed by atoms with Crippen molar-refractivity contribution in [2.75, 3.05) is 4.90 Å². The van der Waals surface area contributed by atoms with Gasteiger partial charge in [0.05, 0.1) is 11.4 Å². The zero-order valence-corrected chi connectivity index (χ0v) is 29.5. The van der Waals surface area contributed by atoms with Gasteiger partial charge in [0, 0.05) is 42.0 Å². The van der Waals surface area contributed by atoms with E-state index in [4.69, 9.17) is 4.42 Å². The lowest BCUT2D eigenvalue weighted by atomic mass is 9.92. The first kappa shape index (κ1) is 30.0. The van der Waals surface area contributed by atoms with Crippen LogP contribution in [-0.2, 0) is 0 Å². The second kappa shape index (κ2) is 11.9. The Bertz CT molecular complexity index is 3190. The summed E-state index contributed by atoms with van der Waals surface area (Å²) in [5.41, 5.74) is 9.66. The van der Waals surface area contributed by atoms with Crippen LogP contribution in [0.5, 0.6) is 0 Å². The topological polar surface area (TPSA) is 16.4 Å². The van der Waals surface area contributed by atoms with Crippen LogP contribution in [0.25, 0.3) is 85.9 Å². The highest BCUT2D eigenvalue weighted by atomic mass is 32.1. The Balaban J connectivity index is 1.22. The molecule has 2 heterocycles. The highest BCUT2D eigenvalue weighted by Gasteiger charge is 2.23. The average molecular weight is 694 g/mol. The smallest absolute Gasteiger partial charge is 0.159 e. The van der Waals surface area contributed by atoms with E-state index in [-0.39, 0.29) is 0 Å². The van der Waals surface area contributed by atoms with Gasteiger partial charge in [0.2, 0.25) is 0 Å². The maximum Gasteiger partial charge on any atom is 0.159 e. The third-order valence-electron chi connectivity index (χ3n) is 10.6. The van der Waals surface area contributed by atoms with Gasteiger partial charge in [-0.3, -0.25) is 0 Å². The fourth-order valence-corrected chi connectivity index (χ4v) is 9.35. The maximum absolute atomic E-state index is 6.75. The van der Waals surface area contributed by atoms with Crippen LogP contribution in [0.4, 0.5) is 17.1 Å². The molecule has 11 aromatic rings. The van der Waals surface area contributed by atoms with Gasteiger partial charge >= 0.3 is 0 Å². The van der Waals surface area contributed by atoms with Crippen LogP contribution in [-0.4, -0.2) is 0 Å². The Morgan fingerprint density at radius 2 is 1.08 bits per heavy atom. The molecule has 248 valence electrons. The van der Waals surface area contributed by atoms with Gasteiger partial charge in [0.15, 0.2) is 5.58 Å². The fourth-order valence-electron chi connectivity index (χ4n) is 8.21. The number of furan rings is 1. The summed E-state index contributed by atoms with van der Waals surface area (Å²) in [5.74, 6) is 0. The van der Waals surface area contributed by atoms with Crippen molar-refractivity contribution in [3.8, 4) is 22.3 Å². The van der Waals surface area contributed by atoms with Crippen molar-refractivity contribution in [2.24, 2.45) is 0 Å². The molecule has 0 saturated carbocycles.